The average Bonchev–Trinajstić information content (AvgIpc) is 2.74. The molecule has 0 aliphatic heterocycles. The molecule has 0 bridgehead atoms. The minimum absolute atomic E-state index is 0.286. The number of carbonyl (C=O) groups excluding carboxylic acids is 1. The number of amides is 1. The molecule has 144 valence electrons. The van der Waals surface area contributed by atoms with Crippen molar-refractivity contribution >= 4 is 23.0 Å². The Labute approximate surface area is 163 Å². The molecule has 7 heteroatoms. The molecule has 0 saturated carbocycles. The number of benzene rings is 2. The summed E-state index contributed by atoms with van der Waals surface area (Å²) in [7, 11) is 4.75. The predicted molar refractivity (Wildman–Crippen MR) is 108 cm³/mol. The van der Waals surface area contributed by atoms with Crippen molar-refractivity contribution in [2.24, 2.45) is 0 Å². The Morgan fingerprint density at radius 2 is 1.61 bits per heavy atom. The van der Waals surface area contributed by atoms with Crippen molar-refractivity contribution < 1.29 is 19.0 Å². The minimum atomic E-state index is -0.324. The van der Waals surface area contributed by atoms with Crippen molar-refractivity contribution in [2.75, 3.05) is 32.0 Å². The summed E-state index contributed by atoms with van der Waals surface area (Å²) in [4.78, 5) is 16.7. The van der Waals surface area contributed by atoms with E-state index in [-0.39, 0.29) is 11.6 Å². The van der Waals surface area contributed by atoms with Crippen LogP contribution in [0.3, 0.4) is 0 Å². The molecule has 1 amide bonds. The molecule has 1 aromatic heterocycles. The number of anilines is 3. The molecule has 0 unspecified atom stereocenters. The highest BCUT2D eigenvalue weighted by atomic mass is 16.5. The number of nitrogens with zero attached hydrogens (tertiary/aromatic N) is 1. The lowest BCUT2D eigenvalue weighted by Gasteiger charge is -2.13. The minimum Gasteiger partial charge on any atom is -0.497 e. The van der Waals surface area contributed by atoms with Gasteiger partial charge in [-0.25, -0.2) is 4.98 Å². The summed E-state index contributed by atoms with van der Waals surface area (Å²) >= 11 is 0. The fraction of sp³-hybridized carbons (Fsp3) is 0.143. The van der Waals surface area contributed by atoms with E-state index in [2.05, 4.69) is 15.6 Å². The fourth-order valence-corrected chi connectivity index (χ4v) is 2.60. The van der Waals surface area contributed by atoms with E-state index in [0.29, 0.717) is 28.6 Å². The molecular formula is C21H21N3O4. The Morgan fingerprint density at radius 1 is 0.857 bits per heavy atom. The number of rotatable bonds is 7. The van der Waals surface area contributed by atoms with E-state index in [9.17, 15) is 4.79 Å². The number of methoxy groups -OCH3 is 3. The van der Waals surface area contributed by atoms with Crippen molar-refractivity contribution in [3.63, 3.8) is 0 Å². The second-order valence-corrected chi connectivity index (χ2v) is 5.78. The van der Waals surface area contributed by atoms with E-state index in [1.165, 1.54) is 0 Å². The zero-order valence-electron chi connectivity index (χ0n) is 15.9. The zero-order valence-corrected chi connectivity index (χ0v) is 15.9. The molecule has 7 nitrogen and oxygen atoms in total. The number of nitrogens with one attached hydrogen (secondary N) is 2. The SMILES string of the molecule is COc1ccc(OC)c(Nc2ccc(C(=O)Nc3ccccc3OC)nc2)c1. The van der Waals surface area contributed by atoms with Crippen molar-refractivity contribution in [1.29, 1.82) is 0 Å². The maximum atomic E-state index is 12.4. The molecule has 0 fully saturated rings. The van der Waals surface area contributed by atoms with Gasteiger partial charge in [-0.3, -0.25) is 4.79 Å². The molecule has 0 saturated heterocycles. The largest absolute Gasteiger partial charge is 0.497 e. The lowest BCUT2D eigenvalue weighted by molar-refractivity contribution is 0.102. The van der Waals surface area contributed by atoms with Crippen LogP contribution in [0, 0.1) is 0 Å². The summed E-state index contributed by atoms with van der Waals surface area (Å²) in [6.45, 7) is 0. The third-order valence-corrected chi connectivity index (χ3v) is 4.04. The molecule has 2 aromatic carbocycles. The van der Waals surface area contributed by atoms with Gasteiger partial charge < -0.3 is 24.8 Å². The number of carbonyl (C=O) groups is 1. The molecule has 0 atom stereocenters. The fourth-order valence-electron chi connectivity index (χ4n) is 2.60. The molecule has 3 rings (SSSR count). The highest BCUT2D eigenvalue weighted by Crippen LogP contribution is 2.31. The van der Waals surface area contributed by atoms with Gasteiger partial charge in [0.15, 0.2) is 0 Å². The number of hydrogen-bond donors (Lipinski definition) is 2. The Morgan fingerprint density at radius 3 is 2.29 bits per heavy atom. The number of para-hydroxylation sites is 2. The molecule has 0 aliphatic rings. The summed E-state index contributed by atoms with van der Waals surface area (Å²) in [6, 6.07) is 16.0. The highest BCUT2D eigenvalue weighted by Gasteiger charge is 2.11. The van der Waals surface area contributed by atoms with Crippen LogP contribution in [0.1, 0.15) is 10.5 Å². The number of ether oxygens (including phenoxy) is 3. The van der Waals surface area contributed by atoms with Crippen LogP contribution in [0.25, 0.3) is 0 Å². The first-order valence-electron chi connectivity index (χ1n) is 8.54. The van der Waals surface area contributed by atoms with Gasteiger partial charge in [0.2, 0.25) is 0 Å². The normalized spacial score (nSPS) is 10.1. The highest BCUT2D eigenvalue weighted by molar-refractivity contribution is 6.03. The van der Waals surface area contributed by atoms with Crippen LogP contribution in [0.15, 0.2) is 60.8 Å². The monoisotopic (exact) mass is 379 g/mol. The first kappa shape index (κ1) is 19.0. The molecule has 3 aromatic rings. The second-order valence-electron chi connectivity index (χ2n) is 5.78. The van der Waals surface area contributed by atoms with E-state index in [1.54, 1.807) is 51.8 Å². The smallest absolute Gasteiger partial charge is 0.274 e. The standard InChI is InChI=1S/C21H21N3O4/c1-26-15-9-11-20(28-3)18(12-15)23-14-8-10-17(22-13-14)21(25)24-16-6-4-5-7-19(16)27-2/h4-13,23H,1-3H3,(H,24,25). The molecule has 1 heterocycles. The molecule has 0 spiro atoms. The second kappa shape index (κ2) is 8.77. The van der Waals surface area contributed by atoms with Gasteiger partial charge in [-0.15, -0.1) is 0 Å². The van der Waals surface area contributed by atoms with Gasteiger partial charge in [-0.1, -0.05) is 12.1 Å². The van der Waals surface area contributed by atoms with Crippen molar-refractivity contribution in [3.05, 3.63) is 66.5 Å². The van der Waals surface area contributed by atoms with Crippen LogP contribution in [0.4, 0.5) is 17.1 Å². The van der Waals surface area contributed by atoms with Gasteiger partial charge >= 0.3 is 0 Å². The van der Waals surface area contributed by atoms with Gasteiger partial charge in [-0.2, -0.15) is 0 Å². The van der Waals surface area contributed by atoms with Crippen molar-refractivity contribution in [2.45, 2.75) is 0 Å². The molecule has 2 N–H and O–H groups in total. The van der Waals surface area contributed by atoms with Crippen molar-refractivity contribution in [1.82, 2.24) is 4.98 Å². The first-order valence-corrected chi connectivity index (χ1v) is 8.54. The third-order valence-electron chi connectivity index (χ3n) is 4.04. The zero-order chi connectivity index (χ0) is 19.9. The van der Waals surface area contributed by atoms with E-state index in [0.717, 1.165) is 5.69 Å². The molecular weight excluding hydrogens is 358 g/mol. The lowest BCUT2D eigenvalue weighted by atomic mass is 10.2. The van der Waals surface area contributed by atoms with Gasteiger partial charge in [0.1, 0.15) is 22.9 Å². The van der Waals surface area contributed by atoms with E-state index in [4.69, 9.17) is 14.2 Å². The maximum Gasteiger partial charge on any atom is 0.274 e. The van der Waals surface area contributed by atoms with Crippen LogP contribution in [0.5, 0.6) is 17.2 Å². The number of hydrogen-bond acceptors (Lipinski definition) is 6. The quantitative estimate of drug-likeness (QED) is 0.643. The lowest BCUT2D eigenvalue weighted by Crippen LogP contribution is -2.14. The average molecular weight is 379 g/mol. The summed E-state index contributed by atoms with van der Waals surface area (Å²) < 4.78 is 15.8. The van der Waals surface area contributed by atoms with Gasteiger partial charge in [-0.05, 0) is 36.4 Å². The van der Waals surface area contributed by atoms with Crippen LogP contribution in [-0.2, 0) is 0 Å². The Kier molecular flexibility index (Phi) is 5.96. The topological polar surface area (TPSA) is 81.7 Å². The van der Waals surface area contributed by atoms with Crippen molar-refractivity contribution in [3.8, 4) is 17.2 Å². The summed E-state index contributed by atoms with van der Waals surface area (Å²) in [5.74, 6) is 1.62. The van der Waals surface area contributed by atoms with Gasteiger partial charge in [0.25, 0.3) is 5.91 Å². The van der Waals surface area contributed by atoms with Gasteiger partial charge in [0.05, 0.1) is 44.6 Å². The van der Waals surface area contributed by atoms with Gasteiger partial charge in [0, 0.05) is 6.07 Å². The predicted octanol–water partition coefficient (Wildman–Crippen LogP) is 4.10. The Balaban J connectivity index is 1.74. The molecule has 0 radical (unpaired) electrons. The number of aromatic nitrogens is 1. The van der Waals surface area contributed by atoms with Crippen LogP contribution >= 0.6 is 0 Å². The summed E-state index contributed by atoms with van der Waals surface area (Å²) in [6.07, 6.45) is 1.58. The van der Waals surface area contributed by atoms with E-state index >= 15 is 0 Å². The maximum absolute atomic E-state index is 12.4. The van der Waals surface area contributed by atoms with E-state index < -0.39 is 0 Å². The van der Waals surface area contributed by atoms with Crippen LogP contribution < -0.4 is 24.8 Å². The van der Waals surface area contributed by atoms with Crippen LogP contribution in [-0.4, -0.2) is 32.2 Å². The van der Waals surface area contributed by atoms with Crippen LogP contribution in [0.2, 0.25) is 0 Å². The Hall–Kier alpha value is -3.74. The summed E-state index contributed by atoms with van der Waals surface area (Å²) in [5, 5.41) is 6.01. The number of pyridine rings is 1. The molecule has 0 aliphatic carbocycles. The summed E-state index contributed by atoms with van der Waals surface area (Å²) in [5.41, 5.74) is 2.31. The third kappa shape index (κ3) is 4.32. The first-order chi connectivity index (χ1) is 13.6. The van der Waals surface area contributed by atoms with E-state index in [1.807, 2.05) is 30.3 Å². The Bertz CT molecular complexity index is 958. The molecule has 28 heavy (non-hydrogen) atoms.